The SMILES string of the molecule is CCOC(=O)c1c(Br)c2sc(C)cn2c1C=O. The first-order valence-corrected chi connectivity index (χ1v) is 6.63. The minimum atomic E-state index is -0.477. The van der Waals surface area contributed by atoms with E-state index in [1.165, 1.54) is 11.3 Å². The number of aromatic nitrogens is 1. The summed E-state index contributed by atoms with van der Waals surface area (Å²) in [6.45, 7) is 3.96. The standard InChI is InChI=1S/C11H10BrNO3S/c1-3-16-11(15)8-7(5-14)13-4-6(2)17-10(13)9(8)12/h4-5H,3H2,1-2H3. The van der Waals surface area contributed by atoms with E-state index < -0.39 is 5.97 Å². The van der Waals surface area contributed by atoms with Gasteiger partial charge in [0.2, 0.25) is 0 Å². The van der Waals surface area contributed by atoms with E-state index in [1.54, 1.807) is 11.3 Å². The van der Waals surface area contributed by atoms with E-state index in [4.69, 9.17) is 4.74 Å². The lowest BCUT2D eigenvalue weighted by atomic mass is 10.2. The number of ether oxygens (including phenoxy) is 1. The van der Waals surface area contributed by atoms with Crippen molar-refractivity contribution in [3.63, 3.8) is 0 Å². The van der Waals surface area contributed by atoms with Crippen LogP contribution in [0.15, 0.2) is 10.7 Å². The quantitative estimate of drug-likeness (QED) is 0.646. The second kappa shape index (κ2) is 4.62. The lowest BCUT2D eigenvalue weighted by Crippen LogP contribution is -2.07. The Balaban J connectivity index is 2.70. The Kier molecular flexibility index (Phi) is 3.35. The third-order valence-corrected chi connectivity index (χ3v) is 4.36. The fourth-order valence-electron chi connectivity index (χ4n) is 1.65. The topological polar surface area (TPSA) is 47.8 Å². The Labute approximate surface area is 110 Å². The summed E-state index contributed by atoms with van der Waals surface area (Å²) in [4.78, 5) is 24.8. The lowest BCUT2D eigenvalue weighted by Gasteiger charge is -2.00. The number of aryl methyl sites for hydroxylation is 1. The highest BCUT2D eigenvalue weighted by Gasteiger charge is 2.24. The largest absolute Gasteiger partial charge is 0.462 e. The molecule has 0 unspecified atom stereocenters. The molecule has 17 heavy (non-hydrogen) atoms. The molecule has 0 aliphatic rings. The first-order valence-electron chi connectivity index (χ1n) is 5.02. The van der Waals surface area contributed by atoms with Gasteiger partial charge in [-0.15, -0.1) is 11.3 Å². The minimum Gasteiger partial charge on any atom is -0.462 e. The van der Waals surface area contributed by atoms with Gasteiger partial charge in [-0.2, -0.15) is 0 Å². The number of rotatable bonds is 3. The molecule has 0 aliphatic heterocycles. The number of halogens is 1. The van der Waals surface area contributed by atoms with Crippen molar-refractivity contribution in [3.05, 3.63) is 26.8 Å². The van der Waals surface area contributed by atoms with Crippen molar-refractivity contribution >= 4 is 44.4 Å². The van der Waals surface area contributed by atoms with Crippen LogP contribution in [0, 0.1) is 6.92 Å². The third-order valence-electron chi connectivity index (χ3n) is 2.30. The molecule has 2 rings (SSSR count). The number of carbonyl (C=O) groups excluding carboxylic acids is 2. The summed E-state index contributed by atoms with van der Waals surface area (Å²) in [5.41, 5.74) is 0.628. The van der Waals surface area contributed by atoms with Crippen LogP contribution in [0.1, 0.15) is 32.6 Å². The summed E-state index contributed by atoms with van der Waals surface area (Å²) in [7, 11) is 0. The fourth-order valence-corrected chi connectivity index (χ4v) is 3.35. The molecule has 4 nitrogen and oxygen atoms in total. The van der Waals surface area contributed by atoms with Crippen molar-refractivity contribution in [1.29, 1.82) is 0 Å². The van der Waals surface area contributed by atoms with Crippen molar-refractivity contribution in [2.24, 2.45) is 0 Å². The first kappa shape index (κ1) is 12.3. The molecule has 0 saturated carbocycles. The molecule has 0 atom stereocenters. The summed E-state index contributed by atoms with van der Waals surface area (Å²) < 4.78 is 7.28. The molecular weight excluding hydrogens is 306 g/mol. The maximum absolute atomic E-state index is 11.8. The second-order valence-electron chi connectivity index (χ2n) is 3.43. The van der Waals surface area contributed by atoms with Gasteiger partial charge in [0.05, 0.1) is 11.1 Å². The first-order chi connectivity index (χ1) is 8.10. The zero-order chi connectivity index (χ0) is 12.6. The second-order valence-corrected chi connectivity index (χ2v) is 5.46. The maximum atomic E-state index is 11.8. The lowest BCUT2D eigenvalue weighted by molar-refractivity contribution is 0.0523. The predicted octanol–water partition coefficient (Wildman–Crippen LogP) is 3.06. The van der Waals surface area contributed by atoms with Crippen LogP contribution in [0.2, 0.25) is 0 Å². The Morgan fingerprint density at radius 2 is 2.35 bits per heavy atom. The average molecular weight is 316 g/mol. The van der Waals surface area contributed by atoms with Gasteiger partial charge in [-0.05, 0) is 29.8 Å². The summed E-state index contributed by atoms with van der Waals surface area (Å²) in [5, 5.41) is 0. The molecule has 0 spiro atoms. The van der Waals surface area contributed by atoms with Gasteiger partial charge >= 0.3 is 5.97 Å². The van der Waals surface area contributed by atoms with Gasteiger partial charge in [-0.25, -0.2) is 4.79 Å². The van der Waals surface area contributed by atoms with Crippen LogP contribution in [0.25, 0.3) is 4.83 Å². The summed E-state index contributed by atoms with van der Waals surface area (Å²) in [6.07, 6.45) is 2.51. The molecule has 0 bridgehead atoms. The molecule has 0 N–H and O–H groups in total. The molecule has 2 aromatic heterocycles. The molecule has 0 radical (unpaired) electrons. The van der Waals surface area contributed by atoms with E-state index in [9.17, 15) is 9.59 Å². The Morgan fingerprint density at radius 1 is 1.65 bits per heavy atom. The summed E-state index contributed by atoms with van der Waals surface area (Å²) >= 11 is 4.87. The van der Waals surface area contributed by atoms with Crippen LogP contribution in [0.5, 0.6) is 0 Å². The molecule has 0 aliphatic carbocycles. The maximum Gasteiger partial charge on any atom is 0.341 e. The number of hydrogen-bond acceptors (Lipinski definition) is 4. The highest BCUT2D eigenvalue weighted by molar-refractivity contribution is 9.10. The van der Waals surface area contributed by atoms with Gasteiger partial charge in [0, 0.05) is 11.1 Å². The molecular formula is C11H10BrNO3S. The average Bonchev–Trinajstić information content (AvgIpc) is 2.76. The smallest absolute Gasteiger partial charge is 0.341 e. The monoisotopic (exact) mass is 315 g/mol. The molecule has 0 amide bonds. The van der Waals surface area contributed by atoms with Crippen molar-refractivity contribution in [3.8, 4) is 0 Å². The molecule has 2 aromatic rings. The van der Waals surface area contributed by atoms with Crippen LogP contribution < -0.4 is 0 Å². The van der Waals surface area contributed by atoms with Crippen molar-refractivity contribution in [1.82, 2.24) is 4.40 Å². The van der Waals surface area contributed by atoms with Gasteiger partial charge in [0.25, 0.3) is 0 Å². The van der Waals surface area contributed by atoms with Crippen LogP contribution in [0.4, 0.5) is 0 Å². The van der Waals surface area contributed by atoms with E-state index in [0.29, 0.717) is 22.0 Å². The van der Waals surface area contributed by atoms with Gasteiger partial charge < -0.3 is 9.14 Å². The number of aldehydes is 1. The Bertz CT molecular complexity index is 599. The molecule has 0 fully saturated rings. The summed E-state index contributed by atoms with van der Waals surface area (Å²) in [5.74, 6) is -0.477. The Morgan fingerprint density at radius 3 is 2.94 bits per heavy atom. The Hall–Kier alpha value is -1.14. The van der Waals surface area contributed by atoms with Gasteiger partial charge in [-0.1, -0.05) is 0 Å². The highest BCUT2D eigenvalue weighted by atomic mass is 79.9. The van der Waals surface area contributed by atoms with Crippen molar-refractivity contribution in [2.45, 2.75) is 13.8 Å². The predicted molar refractivity (Wildman–Crippen MR) is 69.1 cm³/mol. The van der Waals surface area contributed by atoms with E-state index in [-0.39, 0.29) is 6.61 Å². The normalized spacial score (nSPS) is 10.8. The molecule has 0 saturated heterocycles. The third kappa shape index (κ3) is 1.91. The number of fused-ring (bicyclic) bond motifs is 1. The van der Waals surface area contributed by atoms with Crippen molar-refractivity contribution in [2.75, 3.05) is 6.61 Å². The van der Waals surface area contributed by atoms with Crippen LogP contribution in [-0.4, -0.2) is 23.3 Å². The highest BCUT2D eigenvalue weighted by Crippen LogP contribution is 2.33. The van der Waals surface area contributed by atoms with Gasteiger partial charge in [-0.3, -0.25) is 4.79 Å². The van der Waals surface area contributed by atoms with Crippen LogP contribution in [0.3, 0.4) is 0 Å². The number of hydrogen-bond donors (Lipinski definition) is 0. The zero-order valence-electron chi connectivity index (χ0n) is 9.32. The van der Waals surface area contributed by atoms with E-state index in [1.807, 2.05) is 13.1 Å². The molecule has 2 heterocycles. The number of thiazole rings is 1. The van der Waals surface area contributed by atoms with Crippen LogP contribution in [-0.2, 0) is 4.74 Å². The van der Waals surface area contributed by atoms with E-state index in [2.05, 4.69) is 15.9 Å². The fraction of sp³-hybridized carbons (Fsp3) is 0.273. The van der Waals surface area contributed by atoms with Crippen LogP contribution >= 0.6 is 27.3 Å². The van der Waals surface area contributed by atoms with E-state index >= 15 is 0 Å². The molecule has 90 valence electrons. The molecule has 0 aromatic carbocycles. The van der Waals surface area contributed by atoms with Gasteiger partial charge in [0.15, 0.2) is 6.29 Å². The number of esters is 1. The van der Waals surface area contributed by atoms with E-state index in [0.717, 1.165) is 9.71 Å². The minimum absolute atomic E-state index is 0.284. The summed E-state index contributed by atoms with van der Waals surface area (Å²) in [6, 6.07) is 0. The molecule has 6 heteroatoms. The number of carbonyl (C=O) groups is 2. The number of nitrogens with zero attached hydrogens (tertiary/aromatic N) is 1. The zero-order valence-corrected chi connectivity index (χ0v) is 11.7. The van der Waals surface area contributed by atoms with Crippen molar-refractivity contribution < 1.29 is 14.3 Å². The van der Waals surface area contributed by atoms with Gasteiger partial charge in [0.1, 0.15) is 16.1 Å².